The molecule has 3 N–H and O–H groups in total. The number of terminal acetylenes is 1. The molecule has 0 atom stereocenters. The molecule has 0 aliphatic heterocycles. The number of aromatic amines is 2. The van der Waals surface area contributed by atoms with E-state index in [9.17, 15) is 9.90 Å². The molecule has 10 heteroatoms. The Morgan fingerprint density at radius 3 is 2.93 bits per heavy atom. The summed E-state index contributed by atoms with van der Waals surface area (Å²) in [6.07, 6.45) is 10.5. The standard InChI is InChI=1S/C20H15N7O3/c1-2-11-4-3-5-14(8-11)30-20-24-16-12(9-15-17(28)25-19(29)23-15)10-21-27(16)18(26-20)22-13-6-7-13/h1,3-5,8-10,13,28H,6-7H2,(H2,23,25,29)/b12-9+,22-18?. The first-order valence-corrected chi connectivity index (χ1v) is 9.16. The van der Waals surface area contributed by atoms with Crippen molar-refractivity contribution in [2.24, 2.45) is 4.99 Å². The number of H-pyrrole nitrogens is 2. The van der Waals surface area contributed by atoms with E-state index in [0.29, 0.717) is 27.8 Å². The monoisotopic (exact) mass is 401 g/mol. The lowest BCUT2D eigenvalue weighted by atomic mass is 10.2. The van der Waals surface area contributed by atoms with E-state index >= 15 is 0 Å². The molecule has 0 amide bonds. The highest BCUT2D eigenvalue weighted by Crippen LogP contribution is 2.22. The van der Waals surface area contributed by atoms with Crippen molar-refractivity contribution in [3.8, 4) is 30.0 Å². The van der Waals surface area contributed by atoms with Crippen LogP contribution in [0.3, 0.4) is 0 Å². The molecule has 1 aliphatic rings. The average Bonchev–Trinajstić information content (AvgIpc) is 3.37. The summed E-state index contributed by atoms with van der Waals surface area (Å²) in [7, 11) is 0. The van der Waals surface area contributed by atoms with Crippen molar-refractivity contribution in [3.63, 3.8) is 0 Å². The molecule has 10 nitrogen and oxygen atoms in total. The molecule has 0 unspecified atom stereocenters. The molecule has 5 rings (SSSR count). The third kappa shape index (κ3) is 3.40. The molecule has 0 saturated heterocycles. The first-order valence-electron chi connectivity index (χ1n) is 9.16. The molecular formula is C20H15N7O3. The number of nitrogens with one attached hydrogen (secondary N) is 2. The number of ether oxygens (including phenoxy) is 1. The SMILES string of the molecule is C#Cc1cccc(Oc2nc(=NC3CC3)n3nc/c(=C\c4[nH]c(=O)[nH]c4O)c3n2)c1. The Hall–Kier alpha value is -4.39. The van der Waals surface area contributed by atoms with Gasteiger partial charge in [-0.05, 0) is 37.1 Å². The summed E-state index contributed by atoms with van der Waals surface area (Å²) >= 11 is 0. The number of aromatic hydroxyl groups is 1. The average molecular weight is 401 g/mol. The molecule has 1 aliphatic carbocycles. The van der Waals surface area contributed by atoms with Gasteiger partial charge < -0.3 is 14.8 Å². The molecule has 1 fully saturated rings. The van der Waals surface area contributed by atoms with Crippen molar-refractivity contribution < 1.29 is 9.84 Å². The van der Waals surface area contributed by atoms with Gasteiger partial charge in [0.1, 0.15) is 11.4 Å². The van der Waals surface area contributed by atoms with Crippen molar-refractivity contribution in [3.05, 3.63) is 63.0 Å². The molecule has 3 heterocycles. The maximum Gasteiger partial charge on any atom is 0.327 e. The van der Waals surface area contributed by atoms with Gasteiger partial charge in [-0.3, -0.25) is 4.98 Å². The zero-order chi connectivity index (χ0) is 20.7. The zero-order valence-electron chi connectivity index (χ0n) is 15.5. The predicted molar refractivity (Wildman–Crippen MR) is 106 cm³/mol. The Kier molecular flexibility index (Phi) is 4.07. The van der Waals surface area contributed by atoms with Crippen LogP contribution in [0, 0.1) is 12.3 Å². The van der Waals surface area contributed by atoms with Crippen LogP contribution in [-0.2, 0) is 0 Å². The Morgan fingerprint density at radius 1 is 1.33 bits per heavy atom. The highest BCUT2D eigenvalue weighted by atomic mass is 16.5. The van der Waals surface area contributed by atoms with E-state index < -0.39 is 5.69 Å². The Bertz CT molecular complexity index is 1490. The zero-order valence-corrected chi connectivity index (χ0v) is 15.5. The lowest BCUT2D eigenvalue weighted by molar-refractivity contribution is 0.435. The maximum absolute atomic E-state index is 11.4. The van der Waals surface area contributed by atoms with E-state index in [1.54, 1.807) is 36.5 Å². The number of rotatable bonds is 4. The fraction of sp³-hybridized carbons (Fsp3) is 0.150. The van der Waals surface area contributed by atoms with Crippen LogP contribution in [-0.4, -0.2) is 40.7 Å². The molecular weight excluding hydrogens is 386 g/mol. The molecule has 0 spiro atoms. The summed E-state index contributed by atoms with van der Waals surface area (Å²) in [6.45, 7) is 0. The van der Waals surface area contributed by atoms with Crippen molar-refractivity contribution in [2.75, 3.05) is 0 Å². The van der Waals surface area contributed by atoms with Gasteiger partial charge in [0.15, 0.2) is 5.65 Å². The fourth-order valence-electron chi connectivity index (χ4n) is 2.86. The number of nitrogens with zero attached hydrogens (tertiary/aromatic N) is 5. The number of aromatic nitrogens is 6. The van der Waals surface area contributed by atoms with E-state index in [4.69, 9.17) is 11.2 Å². The van der Waals surface area contributed by atoms with Crippen LogP contribution in [0.5, 0.6) is 17.6 Å². The summed E-state index contributed by atoms with van der Waals surface area (Å²) in [6, 6.07) is 7.30. The predicted octanol–water partition coefficient (Wildman–Crippen LogP) is 0.231. The van der Waals surface area contributed by atoms with Crippen molar-refractivity contribution >= 4 is 11.7 Å². The number of imidazole rings is 1. The Balaban J connectivity index is 1.67. The molecule has 3 aromatic heterocycles. The molecule has 4 aromatic rings. The molecule has 0 bridgehead atoms. The van der Waals surface area contributed by atoms with Gasteiger partial charge in [-0.2, -0.15) is 19.6 Å². The third-order valence-electron chi connectivity index (χ3n) is 4.45. The van der Waals surface area contributed by atoms with Crippen LogP contribution < -0.4 is 21.3 Å². The third-order valence-corrected chi connectivity index (χ3v) is 4.45. The Morgan fingerprint density at radius 2 is 2.20 bits per heavy atom. The van der Waals surface area contributed by atoms with Crippen LogP contribution in [0.2, 0.25) is 0 Å². The second kappa shape index (κ2) is 6.89. The molecule has 1 saturated carbocycles. The molecule has 30 heavy (non-hydrogen) atoms. The molecule has 0 radical (unpaired) electrons. The summed E-state index contributed by atoms with van der Waals surface area (Å²) in [5.41, 5.74) is 1.12. The maximum atomic E-state index is 11.4. The van der Waals surface area contributed by atoms with Gasteiger partial charge in [0.25, 0.3) is 5.62 Å². The first-order chi connectivity index (χ1) is 14.6. The van der Waals surface area contributed by atoms with Crippen LogP contribution >= 0.6 is 0 Å². The van der Waals surface area contributed by atoms with Crippen LogP contribution in [0.1, 0.15) is 24.1 Å². The second-order valence-electron chi connectivity index (χ2n) is 6.76. The van der Waals surface area contributed by atoms with Crippen LogP contribution in [0.25, 0.3) is 11.7 Å². The number of hydrogen-bond donors (Lipinski definition) is 3. The van der Waals surface area contributed by atoms with Gasteiger partial charge >= 0.3 is 11.7 Å². The van der Waals surface area contributed by atoms with E-state index in [2.05, 4.69) is 35.9 Å². The number of benzene rings is 1. The lowest BCUT2D eigenvalue weighted by Crippen LogP contribution is -2.23. The number of fused-ring (bicyclic) bond motifs is 1. The highest BCUT2D eigenvalue weighted by Gasteiger charge is 2.21. The van der Waals surface area contributed by atoms with E-state index in [1.165, 1.54) is 4.52 Å². The minimum Gasteiger partial charge on any atom is -0.493 e. The minimum absolute atomic E-state index is 0.0815. The summed E-state index contributed by atoms with van der Waals surface area (Å²) in [5.74, 6) is 2.77. The van der Waals surface area contributed by atoms with E-state index in [-0.39, 0.29) is 23.6 Å². The van der Waals surface area contributed by atoms with E-state index in [0.717, 1.165) is 12.8 Å². The second-order valence-corrected chi connectivity index (χ2v) is 6.76. The van der Waals surface area contributed by atoms with Gasteiger partial charge in [0.05, 0.1) is 12.2 Å². The van der Waals surface area contributed by atoms with Crippen LogP contribution in [0.15, 0.2) is 40.2 Å². The largest absolute Gasteiger partial charge is 0.493 e. The number of hydrogen-bond acceptors (Lipinski definition) is 7. The van der Waals surface area contributed by atoms with Gasteiger partial charge in [0.2, 0.25) is 5.88 Å². The van der Waals surface area contributed by atoms with E-state index in [1.807, 2.05) is 0 Å². The summed E-state index contributed by atoms with van der Waals surface area (Å²) in [5, 5.41) is 14.7. The molecule has 148 valence electrons. The van der Waals surface area contributed by atoms with Gasteiger partial charge in [-0.15, -0.1) is 6.42 Å². The topological polar surface area (TPSA) is 134 Å². The summed E-state index contributed by atoms with van der Waals surface area (Å²) < 4.78 is 7.32. The van der Waals surface area contributed by atoms with Crippen molar-refractivity contribution in [1.82, 2.24) is 29.5 Å². The first kappa shape index (κ1) is 17.7. The summed E-state index contributed by atoms with van der Waals surface area (Å²) in [4.78, 5) is 29.6. The van der Waals surface area contributed by atoms with Crippen LogP contribution in [0.4, 0.5) is 0 Å². The normalized spacial score (nSPS) is 14.9. The smallest absolute Gasteiger partial charge is 0.327 e. The van der Waals surface area contributed by atoms with Gasteiger partial charge in [-0.25, -0.2) is 9.79 Å². The van der Waals surface area contributed by atoms with Gasteiger partial charge in [0, 0.05) is 10.8 Å². The highest BCUT2D eigenvalue weighted by molar-refractivity contribution is 5.56. The van der Waals surface area contributed by atoms with Crippen molar-refractivity contribution in [1.29, 1.82) is 0 Å². The quantitative estimate of drug-likeness (QED) is 0.419. The minimum atomic E-state index is -0.522. The van der Waals surface area contributed by atoms with Gasteiger partial charge in [-0.1, -0.05) is 12.0 Å². The Labute approximate surface area is 168 Å². The fourth-order valence-corrected chi connectivity index (χ4v) is 2.86. The molecule has 1 aromatic carbocycles. The van der Waals surface area contributed by atoms with Crippen molar-refractivity contribution in [2.45, 2.75) is 18.9 Å². The lowest BCUT2D eigenvalue weighted by Gasteiger charge is -2.04.